The number of nitrogens with one attached hydrogen (secondary N) is 1. The minimum Gasteiger partial charge on any atom is -0.388 e. The molecule has 0 bridgehead atoms. The fraction of sp³-hybridized carbons (Fsp3) is 1.00. The molecule has 0 aromatic carbocycles. The lowest BCUT2D eigenvalue weighted by atomic mass is 9.58. The van der Waals surface area contributed by atoms with Gasteiger partial charge in [-0.3, -0.25) is 0 Å². The molecule has 2 N–H and O–H groups in total. The van der Waals surface area contributed by atoms with E-state index in [2.05, 4.69) is 19.2 Å². The Morgan fingerprint density at radius 1 is 1.39 bits per heavy atom. The van der Waals surface area contributed by atoms with E-state index in [0.29, 0.717) is 12.1 Å². The van der Waals surface area contributed by atoms with E-state index in [9.17, 15) is 5.11 Å². The van der Waals surface area contributed by atoms with Crippen molar-refractivity contribution in [3.05, 3.63) is 0 Å². The summed E-state index contributed by atoms with van der Waals surface area (Å²) < 4.78 is 5.60. The van der Waals surface area contributed by atoms with Gasteiger partial charge in [-0.1, -0.05) is 13.8 Å². The van der Waals surface area contributed by atoms with Crippen molar-refractivity contribution >= 4 is 11.8 Å². The average Bonchev–Trinajstić information content (AvgIpc) is 2.77. The predicted octanol–water partition coefficient (Wildman–Crippen LogP) is 2.04. The molecule has 3 atom stereocenters. The van der Waals surface area contributed by atoms with E-state index in [0.717, 1.165) is 43.7 Å². The Balaban J connectivity index is 1.90. The average molecular weight is 273 g/mol. The summed E-state index contributed by atoms with van der Waals surface area (Å²) in [7, 11) is 1.82. The molecular weight excluding hydrogens is 246 g/mol. The lowest BCUT2D eigenvalue weighted by Gasteiger charge is -2.55. The SMILES string of the molecule is CCC1(CC)C(NCC2(O)CCSC2)CC1OC. The van der Waals surface area contributed by atoms with Crippen molar-refractivity contribution in [1.82, 2.24) is 5.32 Å². The number of ether oxygens (including phenoxy) is 1. The van der Waals surface area contributed by atoms with E-state index in [1.807, 2.05) is 18.9 Å². The van der Waals surface area contributed by atoms with E-state index in [4.69, 9.17) is 4.74 Å². The second-order valence-corrected chi connectivity index (χ2v) is 6.97. The van der Waals surface area contributed by atoms with Crippen LogP contribution >= 0.6 is 11.8 Å². The summed E-state index contributed by atoms with van der Waals surface area (Å²) in [4.78, 5) is 0. The first-order valence-corrected chi connectivity index (χ1v) is 8.32. The maximum absolute atomic E-state index is 10.4. The van der Waals surface area contributed by atoms with Gasteiger partial charge in [0.2, 0.25) is 0 Å². The van der Waals surface area contributed by atoms with E-state index >= 15 is 0 Å². The van der Waals surface area contributed by atoms with E-state index in [1.165, 1.54) is 0 Å². The Morgan fingerprint density at radius 2 is 2.11 bits per heavy atom. The third-order valence-electron chi connectivity index (χ3n) is 5.15. The molecule has 0 aromatic heterocycles. The second kappa shape index (κ2) is 5.70. The number of hydrogen-bond acceptors (Lipinski definition) is 4. The van der Waals surface area contributed by atoms with Gasteiger partial charge in [-0.05, 0) is 31.4 Å². The molecule has 0 aromatic rings. The van der Waals surface area contributed by atoms with Crippen LogP contribution in [0.15, 0.2) is 0 Å². The zero-order valence-corrected chi connectivity index (χ0v) is 12.7. The standard InChI is InChI=1S/C14H27NO2S/c1-4-14(5-2)11(8-12(14)17-3)15-9-13(16)6-7-18-10-13/h11-12,15-16H,4-10H2,1-3H3. The van der Waals surface area contributed by atoms with E-state index in [-0.39, 0.29) is 5.41 Å². The van der Waals surface area contributed by atoms with Gasteiger partial charge in [0.25, 0.3) is 0 Å². The predicted molar refractivity (Wildman–Crippen MR) is 77.1 cm³/mol. The maximum Gasteiger partial charge on any atom is 0.0869 e. The minimum atomic E-state index is -0.476. The van der Waals surface area contributed by atoms with Crippen LogP contribution in [0, 0.1) is 5.41 Å². The van der Waals surface area contributed by atoms with Crippen molar-refractivity contribution in [1.29, 1.82) is 0 Å². The molecule has 1 saturated carbocycles. The first-order chi connectivity index (χ1) is 8.60. The smallest absolute Gasteiger partial charge is 0.0869 e. The van der Waals surface area contributed by atoms with Gasteiger partial charge in [-0.15, -0.1) is 0 Å². The molecule has 1 saturated heterocycles. The number of aliphatic hydroxyl groups is 1. The molecule has 1 aliphatic heterocycles. The summed E-state index contributed by atoms with van der Waals surface area (Å²) in [5.41, 5.74) is -0.201. The number of thioether (sulfide) groups is 1. The fourth-order valence-electron chi connectivity index (χ4n) is 3.61. The van der Waals surface area contributed by atoms with Crippen LogP contribution in [0.1, 0.15) is 39.5 Å². The largest absolute Gasteiger partial charge is 0.388 e. The third kappa shape index (κ3) is 2.45. The van der Waals surface area contributed by atoms with Crippen LogP contribution in [0.4, 0.5) is 0 Å². The van der Waals surface area contributed by atoms with Gasteiger partial charge >= 0.3 is 0 Å². The molecule has 3 nitrogen and oxygen atoms in total. The van der Waals surface area contributed by atoms with Crippen molar-refractivity contribution in [2.24, 2.45) is 5.41 Å². The van der Waals surface area contributed by atoms with Crippen LogP contribution in [0.25, 0.3) is 0 Å². The van der Waals surface area contributed by atoms with Gasteiger partial charge < -0.3 is 15.2 Å². The van der Waals surface area contributed by atoms with Gasteiger partial charge in [-0.2, -0.15) is 11.8 Å². The van der Waals surface area contributed by atoms with Crippen molar-refractivity contribution in [3.63, 3.8) is 0 Å². The maximum atomic E-state index is 10.4. The first-order valence-electron chi connectivity index (χ1n) is 7.16. The molecule has 2 fully saturated rings. The molecule has 2 rings (SSSR count). The lowest BCUT2D eigenvalue weighted by molar-refractivity contribution is -0.127. The first kappa shape index (κ1) is 14.6. The molecule has 0 radical (unpaired) electrons. The zero-order chi connectivity index (χ0) is 13.2. The number of methoxy groups -OCH3 is 1. The molecule has 0 spiro atoms. The summed E-state index contributed by atoms with van der Waals surface area (Å²) in [5.74, 6) is 1.97. The highest BCUT2D eigenvalue weighted by Crippen LogP contribution is 2.48. The third-order valence-corrected chi connectivity index (χ3v) is 6.38. The molecular formula is C14H27NO2S. The summed E-state index contributed by atoms with van der Waals surface area (Å²) in [6, 6.07) is 0.507. The summed E-state index contributed by atoms with van der Waals surface area (Å²) >= 11 is 1.86. The Morgan fingerprint density at radius 3 is 2.61 bits per heavy atom. The topological polar surface area (TPSA) is 41.5 Å². The van der Waals surface area contributed by atoms with Crippen LogP contribution in [0.2, 0.25) is 0 Å². The Bertz CT molecular complexity index is 275. The molecule has 18 heavy (non-hydrogen) atoms. The van der Waals surface area contributed by atoms with Gasteiger partial charge in [0.1, 0.15) is 0 Å². The zero-order valence-electron chi connectivity index (χ0n) is 11.9. The Kier molecular flexibility index (Phi) is 4.63. The van der Waals surface area contributed by atoms with Crippen LogP contribution in [-0.4, -0.2) is 48.0 Å². The summed E-state index contributed by atoms with van der Waals surface area (Å²) in [6.45, 7) is 5.25. The van der Waals surface area contributed by atoms with Crippen LogP contribution in [0.3, 0.4) is 0 Å². The fourth-order valence-corrected chi connectivity index (χ4v) is 4.91. The van der Waals surface area contributed by atoms with Gasteiger partial charge in [0, 0.05) is 30.9 Å². The molecule has 3 unspecified atom stereocenters. The highest BCUT2D eigenvalue weighted by atomic mass is 32.2. The molecule has 4 heteroatoms. The second-order valence-electron chi connectivity index (χ2n) is 5.86. The molecule has 106 valence electrons. The van der Waals surface area contributed by atoms with Crippen LogP contribution in [-0.2, 0) is 4.74 Å². The highest BCUT2D eigenvalue weighted by molar-refractivity contribution is 7.99. The van der Waals surface area contributed by atoms with Gasteiger partial charge in [-0.25, -0.2) is 0 Å². The lowest BCUT2D eigenvalue weighted by Crippen LogP contribution is -2.64. The van der Waals surface area contributed by atoms with Crippen LogP contribution < -0.4 is 5.32 Å². The van der Waals surface area contributed by atoms with Crippen LogP contribution in [0.5, 0.6) is 0 Å². The Labute approximate surface area is 115 Å². The molecule has 2 aliphatic rings. The number of hydrogen-bond donors (Lipinski definition) is 2. The molecule has 1 aliphatic carbocycles. The molecule has 1 heterocycles. The highest BCUT2D eigenvalue weighted by Gasteiger charge is 2.53. The summed E-state index contributed by atoms with van der Waals surface area (Å²) in [6.07, 6.45) is 4.69. The summed E-state index contributed by atoms with van der Waals surface area (Å²) in [5, 5.41) is 14.0. The molecule has 0 amide bonds. The number of rotatable bonds is 6. The van der Waals surface area contributed by atoms with Crippen molar-refractivity contribution in [3.8, 4) is 0 Å². The van der Waals surface area contributed by atoms with Gasteiger partial charge in [0.05, 0.1) is 11.7 Å². The van der Waals surface area contributed by atoms with Crippen molar-refractivity contribution in [2.75, 3.05) is 25.2 Å². The van der Waals surface area contributed by atoms with Crippen molar-refractivity contribution < 1.29 is 9.84 Å². The van der Waals surface area contributed by atoms with Crippen molar-refractivity contribution in [2.45, 2.75) is 57.3 Å². The van der Waals surface area contributed by atoms with Gasteiger partial charge in [0.15, 0.2) is 0 Å². The van der Waals surface area contributed by atoms with E-state index in [1.54, 1.807) is 0 Å². The Hall–Kier alpha value is 0.230. The normalized spacial score (nSPS) is 38.7. The monoisotopic (exact) mass is 273 g/mol. The quantitative estimate of drug-likeness (QED) is 0.777. The minimum absolute atomic E-state index is 0.275. The van der Waals surface area contributed by atoms with E-state index < -0.39 is 5.60 Å².